The molecule has 1 rings (SSSR count). The molecular weight excluding hydrogens is 190 g/mol. The zero-order chi connectivity index (χ0) is 10.7. The number of aromatic nitrogens is 1. The van der Waals surface area contributed by atoms with E-state index in [1.165, 1.54) is 13.3 Å². The molecule has 0 aliphatic heterocycles. The van der Waals surface area contributed by atoms with Gasteiger partial charge in [-0.05, 0) is 18.1 Å². The first-order valence-corrected chi connectivity index (χ1v) is 4.12. The van der Waals surface area contributed by atoms with Crippen molar-refractivity contribution >= 4 is 0 Å². The van der Waals surface area contributed by atoms with Crippen molar-refractivity contribution in [3.63, 3.8) is 0 Å². The third-order valence-electron chi connectivity index (χ3n) is 2.08. The van der Waals surface area contributed by atoms with Crippen LogP contribution in [0.1, 0.15) is 23.2 Å². The predicted octanol–water partition coefficient (Wildman–Crippen LogP) is 1.79. The fourth-order valence-corrected chi connectivity index (χ4v) is 1.30. The van der Waals surface area contributed by atoms with E-state index in [0.717, 1.165) is 0 Å². The molecule has 78 valence electrons. The smallest absolute Gasteiger partial charge is 0.280 e. The number of alkyl halides is 2. The SMILES string of the molecule is COc1cnc(C(F)F)c(CN)c1C. The fourth-order valence-electron chi connectivity index (χ4n) is 1.30. The molecule has 0 unspecified atom stereocenters. The van der Waals surface area contributed by atoms with E-state index in [9.17, 15) is 8.78 Å². The van der Waals surface area contributed by atoms with Gasteiger partial charge in [-0.2, -0.15) is 0 Å². The van der Waals surface area contributed by atoms with Crippen LogP contribution in [-0.4, -0.2) is 12.1 Å². The first kappa shape index (κ1) is 10.8. The number of nitrogens with two attached hydrogens (primary N) is 1. The largest absolute Gasteiger partial charge is 0.495 e. The number of halogens is 2. The van der Waals surface area contributed by atoms with Gasteiger partial charge in [0, 0.05) is 6.54 Å². The quantitative estimate of drug-likeness (QED) is 0.812. The van der Waals surface area contributed by atoms with Crippen LogP contribution in [0.25, 0.3) is 0 Å². The zero-order valence-electron chi connectivity index (χ0n) is 8.05. The maximum absolute atomic E-state index is 12.5. The second-order valence-corrected chi connectivity index (χ2v) is 2.82. The van der Waals surface area contributed by atoms with Crippen LogP contribution in [0.3, 0.4) is 0 Å². The summed E-state index contributed by atoms with van der Waals surface area (Å²) in [5, 5.41) is 0. The van der Waals surface area contributed by atoms with Gasteiger partial charge in [-0.25, -0.2) is 8.78 Å². The highest BCUT2D eigenvalue weighted by molar-refractivity contribution is 5.40. The minimum Gasteiger partial charge on any atom is -0.495 e. The van der Waals surface area contributed by atoms with E-state index in [-0.39, 0.29) is 12.2 Å². The summed E-state index contributed by atoms with van der Waals surface area (Å²) in [6.45, 7) is 1.73. The minimum atomic E-state index is -2.60. The fraction of sp³-hybridized carbons (Fsp3) is 0.444. The highest BCUT2D eigenvalue weighted by Gasteiger charge is 2.17. The molecular formula is C9H12F2N2O. The van der Waals surface area contributed by atoms with Crippen molar-refractivity contribution in [3.05, 3.63) is 23.0 Å². The van der Waals surface area contributed by atoms with E-state index in [0.29, 0.717) is 16.9 Å². The molecule has 0 fully saturated rings. The lowest BCUT2D eigenvalue weighted by molar-refractivity contribution is 0.144. The molecule has 1 aromatic rings. The molecule has 0 bridgehead atoms. The molecule has 1 aromatic heterocycles. The summed E-state index contributed by atoms with van der Waals surface area (Å²) in [5.74, 6) is 0.481. The van der Waals surface area contributed by atoms with Crippen LogP contribution in [0.5, 0.6) is 5.75 Å². The number of nitrogens with zero attached hydrogens (tertiary/aromatic N) is 1. The lowest BCUT2D eigenvalue weighted by Gasteiger charge is -2.12. The van der Waals surface area contributed by atoms with Crippen molar-refractivity contribution < 1.29 is 13.5 Å². The number of hydrogen-bond donors (Lipinski definition) is 1. The highest BCUT2D eigenvalue weighted by atomic mass is 19.3. The Balaban J connectivity index is 3.28. The van der Waals surface area contributed by atoms with E-state index in [4.69, 9.17) is 10.5 Å². The Hall–Kier alpha value is -1.23. The Morgan fingerprint density at radius 3 is 2.64 bits per heavy atom. The minimum absolute atomic E-state index is 0.0374. The van der Waals surface area contributed by atoms with Crippen LogP contribution in [-0.2, 0) is 6.54 Å². The van der Waals surface area contributed by atoms with Crippen LogP contribution < -0.4 is 10.5 Å². The number of rotatable bonds is 3. The van der Waals surface area contributed by atoms with E-state index < -0.39 is 6.43 Å². The number of hydrogen-bond acceptors (Lipinski definition) is 3. The van der Waals surface area contributed by atoms with Gasteiger partial charge >= 0.3 is 0 Å². The maximum atomic E-state index is 12.5. The van der Waals surface area contributed by atoms with Gasteiger partial charge in [-0.15, -0.1) is 0 Å². The van der Waals surface area contributed by atoms with Crippen molar-refractivity contribution in [2.45, 2.75) is 19.9 Å². The third kappa shape index (κ3) is 1.82. The van der Waals surface area contributed by atoms with E-state index in [1.54, 1.807) is 6.92 Å². The van der Waals surface area contributed by atoms with Gasteiger partial charge in [0.1, 0.15) is 11.4 Å². The molecule has 0 amide bonds. The Bertz CT molecular complexity index is 329. The van der Waals surface area contributed by atoms with Gasteiger partial charge in [0.25, 0.3) is 6.43 Å². The zero-order valence-corrected chi connectivity index (χ0v) is 8.05. The average molecular weight is 202 g/mol. The second kappa shape index (κ2) is 4.32. The molecule has 3 nitrogen and oxygen atoms in total. The van der Waals surface area contributed by atoms with Gasteiger partial charge in [0.15, 0.2) is 0 Å². The Morgan fingerprint density at radius 2 is 2.21 bits per heavy atom. The number of pyridine rings is 1. The third-order valence-corrected chi connectivity index (χ3v) is 2.08. The van der Waals surface area contributed by atoms with Gasteiger partial charge < -0.3 is 10.5 Å². The average Bonchev–Trinajstić information content (AvgIpc) is 2.17. The Kier molecular flexibility index (Phi) is 3.35. The normalized spacial score (nSPS) is 10.7. The van der Waals surface area contributed by atoms with Gasteiger partial charge in [0.2, 0.25) is 0 Å². The van der Waals surface area contributed by atoms with Crippen LogP contribution in [0.4, 0.5) is 8.78 Å². The van der Waals surface area contributed by atoms with Crippen molar-refractivity contribution in [2.24, 2.45) is 5.73 Å². The lowest BCUT2D eigenvalue weighted by atomic mass is 10.1. The molecule has 0 radical (unpaired) electrons. The highest BCUT2D eigenvalue weighted by Crippen LogP contribution is 2.27. The predicted molar refractivity (Wildman–Crippen MR) is 48.4 cm³/mol. The summed E-state index contributed by atoms with van der Waals surface area (Å²) in [7, 11) is 1.46. The summed E-state index contributed by atoms with van der Waals surface area (Å²) < 4.78 is 29.9. The first-order chi connectivity index (χ1) is 6.61. The van der Waals surface area contributed by atoms with E-state index in [2.05, 4.69) is 4.98 Å². The van der Waals surface area contributed by atoms with Crippen molar-refractivity contribution in [1.29, 1.82) is 0 Å². The summed E-state index contributed by atoms with van der Waals surface area (Å²) in [5.41, 5.74) is 6.11. The van der Waals surface area contributed by atoms with Crippen LogP contribution >= 0.6 is 0 Å². The van der Waals surface area contributed by atoms with E-state index in [1.807, 2.05) is 0 Å². The summed E-state index contributed by atoms with van der Waals surface area (Å²) in [6, 6.07) is 0. The molecule has 0 saturated carbocycles. The molecule has 0 aliphatic carbocycles. The molecule has 0 atom stereocenters. The number of methoxy groups -OCH3 is 1. The van der Waals surface area contributed by atoms with Crippen LogP contribution in [0, 0.1) is 6.92 Å². The molecule has 0 saturated heterocycles. The number of ether oxygens (including phenoxy) is 1. The standard InChI is InChI=1S/C9H12F2N2O/c1-5-6(3-12)8(9(10)11)13-4-7(5)14-2/h4,9H,3,12H2,1-2H3. The lowest BCUT2D eigenvalue weighted by Crippen LogP contribution is -2.08. The molecule has 1 heterocycles. The van der Waals surface area contributed by atoms with Crippen molar-refractivity contribution in [2.75, 3.05) is 7.11 Å². The van der Waals surface area contributed by atoms with E-state index >= 15 is 0 Å². The summed E-state index contributed by atoms with van der Waals surface area (Å²) >= 11 is 0. The molecule has 0 spiro atoms. The molecule has 0 aliphatic rings. The van der Waals surface area contributed by atoms with Crippen LogP contribution in [0.2, 0.25) is 0 Å². The summed E-state index contributed by atoms with van der Waals surface area (Å²) in [6.07, 6.45) is -1.31. The van der Waals surface area contributed by atoms with Gasteiger partial charge in [0.05, 0.1) is 13.3 Å². The maximum Gasteiger partial charge on any atom is 0.280 e. The molecule has 2 N–H and O–H groups in total. The van der Waals surface area contributed by atoms with Crippen molar-refractivity contribution in [3.8, 4) is 5.75 Å². The topological polar surface area (TPSA) is 48.1 Å². The van der Waals surface area contributed by atoms with Crippen molar-refractivity contribution in [1.82, 2.24) is 4.98 Å². The summed E-state index contributed by atoms with van der Waals surface area (Å²) in [4.78, 5) is 3.63. The monoisotopic (exact) mass is 202 g/mol. The first-order valence-electron chi connectivity index (χ1n) is 4.12. The Morgan fingerprint density at radius 1 is 1.57 bits per heavy atom. The van der Waals surface area contributed by atoms with Crippen LogP contribution in [0.15, 0.2) is 6.20 Å². The molecule has 0 aromatic carbocycles. The molecule has 5 heteroatoms. The van der Waals surface area contributed by atoms with Gasteiger partial charge in [-0.3, -0.25) is 4.98 Å². The Labute approximate surface area is 80.9 Å². The van der Waals surface area contributed by atoms with Gasteiger partial charge in [-0.1, -0.05) is 0 Å². The second-order valence-electron chi connectivity index (χ2n) is 2.82. The molecule has 14 heavy (non-hydrogen) atoms.